The first-order valence-corrected chi connectivity index (χ1v) is 10.9. The van der Waals surface area contributed by atoms with E-state index in [2.05, 4.69) is 5.10 Å². The molecule has 0 atom stereocenters. The molecule has 0 aliphatic carbocycles. The summed E-state index contributed by atoms with van der Waals surface area (Å²) in [4.78, 5) is 18.2. The van der Waals surface area contributed by atoms with Gasteiger partial charge in [-0.25, -0.2) is 9.37 Å². The Kier molecular flexibility index (Phi) is 5.72. The predicted octanol–water partition coefficient (Wildman–Crippen LogP) is 4.71. The van der Waals surface area contributed by atoms with E-state index in [1.54, 1.807) is 21.4 Å². The van der Waals surface area contributed by atoms with Gasteiger partial charge in [0.05, 0.1) is 12.2 Å². The minimum atomic E-state index is -0.256. The molecule has 0 amide bonds. The Morgan fingerprint density at radius 3 is 2.50 bits per heavy atom. The van der Waals surface area contributed by atoms with E-state index in [0.717, 1.165) is 16.8 Å². The second-order valence-electron chi connectivity index (χ2n) is 7.25. The molecule has 5 nitrogen and oxygen atoms in total. The van der Waals surface area contributed by atoms with Gasteiger partial charge in [-0.2, -0.15) is 5.10 Å². The summed E-state index contributed by atoms with van der Waals surface area (Å²) >= 11 is 1.37. The first-order valence-electron chi connectivity index (χ1n) is 9.87. The number of fused-ring (bicyclic) bond motifs is 1. The molecule has 0 unspecified atom stereocenters. The van der Waals surface area contributed by atoms with Crippen LogP contribution in [0.3, 0.4) is 0 Å². The number of hydrogen-bond donors (Lipinski definition) is 0. The SMILES string of the molecule is CCn1nc(C)c2nc(SCc3ccccc3F)n(Cc3ccc(C)cc3)c(=O)c21. The molecule has 0 spiro atoms. The third-order valence-electron chi connectivity index (χ3n) is 5.06. The lowest BCUT2D eigenvalue weighted by Gasteiger charge is -2.13. The van der Waals surface area contributed by atoms with E-state index in [1.165, 1.54) is 17.8 Å². The average Bonchev–Trinajstić information content (AvgIpc) is 3.07. The van der Waals surface area contributed by atoms with Crippen molar-refractivity contribution in [2.24, 2.45) is 0 Å². The number of nitrogens with zero attached hydrogens (tertiary/aromatic N) is 4. The Morgan fingerprint density at radius 1 is 1.07 bits per heavy atom. The molecular weight excluding hydrogens is 399 g/mol. The summed E-state index contributed by atoms with van der Waals surface area (Å²) in [5, 5.41) is 5.04. The van der Waals surface area contributed by atoms with Crippen molar-refractivity contribution in [2.75, 3.05) is 0 Å². The van der Waals surface area contributed by atoms with Crippen LogP contribution in [0.15, 0.2) is 58.5 Å². The van der Waals surface area contributed by atoms with Gasteiger partial charge in [-0.1, -0.05) is 59.8 Å². The van der Waals surface area contributed by atoms with Crippen LogP contribution >= 0.6 is 11.8 Å². The molecule has 0 bridgehead atoms. The fourth-order valence-corrected chi connectivity index (χ4v) is 4.38. The van der Waals surface area contributed by atoms with Crippen LogP contribution in [-0.4, -0.2) is 19.3 Å². The van der Waals surface area contributed by atoms with Gasteiger partial charge in [0.2, 0.25) is 0 Å². The summed E-state index contributed by atoms with van der Waals surface area (Å²) in [6.45, 7) is 6.83. The van der Waals surface area contributed by atoms with Crippen molar-refractivity contribution in [1.82, 2.24) is 19.3 Å². The molecule has 2 aromatic carbocycles. The van der Waals surface area contributed by atoms with Crippen molar-refractivity contribution in [2.45, 2.75) is 44.8 Å². The molecule has 2 heterocycles. The molecule has 4 aromatic rings. The monoisotopic (exact) mass is 422 g/mol. The van der Waals surface area contributed by atoms with Crippen LogP contribution in [0.2, 0.25) is 0 Å². The average molecular weight is 423 g/mol. The van der Waals surface area contributed by atoms with E-state index in [-0.39, 0.29) is 11.4 Å². The van der Waals surface area contributed by atoms with E-state index in [0.29, 0.717) is 40.6 Å². The van der Waals surface area contributed by atoms with Gasteiger partial charge < -0.3 is 0 Å². The maximum absolute atomic E-state index is 14.1. The van der Waals surface area contributed by atoms with Gasteiger partial charge in [0.1, 0.15) is 11.3 Å². The number of aryl methyl sites for hydroxylation is 3. The van der Waals surface area contributed by atoms with Gasteiger partial charge in [-0.05, 0) is 38.0 Å². The van der Waals surface area contributed by atoms with Crippen LogP contribution in [0, 0.1) is 19.7 Å². The summed E-state index contributed by atoms with van der Waals surface area (Å²) in [6.07, 6.45) is 0. The Bertz CT molecular complexity index is 1260. The van der Waals surface area contributed by atoms with E-state index < -0.39 is 0 Å². The van der Waals surface area contributed by atoms with Gasteiger partial charge in [0.15, 0.2) is 10.7 Å². The zero-order valence-electron chi connectivity index (χ0n) is 17.2. The number of rotatable bonds is 6. The molecular formula is C23H23FN4OS. The lowest BCUT2D eigenvalue weighted by molar-refractivity contribution is 0.616. The van der Waals surface area contributed by atoms with Gasteiger partial charge in [-0.15, -0.1) is 0 Å². The third-order valence-corrected chi connectivity index (χ3v) is 6.08. The lowest BCUT2D eigenvalue weighted by atomic mass is 10.1. The summed E-state index contributed by atoms with van der Waals surface area (Å²) < 4.78 is 17.5. The molecule has 0 fully saturated rings. The van der Waals surface area contributed by atoms with Gasteiger partial charge in [-0.3, -0.25) is 14.0 Å². The molecule has 0 radical (unpaired) electrons. The third kappa shape index (κ3) is 3.89. The summed E-state index contributed by atoms with van der Waals surface area (Å²) in [5.74, 6) is 0.132. The molecule has 0 aliphatic heterocycles. The van der Waals surface area contributed by atoms with Crippen molar-refractivity contribution in [3.8, 4) is 0 Å². The molecule has 7 heteroatoms. The fraction of sp³-hybridized carbons (Fsp3) is 0.261. The molecule has 0 aliphatic rings. The maximum Gasteiger partial charge on any atom is 0.280 e. The number of hydrogen-bond acceptors (Lipinski definition) is 4. The van der Waals surface area contributed by atoms with Crippen LogP contribution in [0.5, 0.6) is 0 Å². The highest BCUT2D eigenvalue weighted by Crippen LogP contribution is 2.25. The smallest absolute Gasteiger partial charge is 0.280 e. The van der Waals surface area contributed by atoms with Crippen LogP contribution in [-0.2, 0) is 18.8 Å². The summed E-state index contributed by atoms with van der Waals surface area (Å²) in [5.41, 5.74) is 4.47. The highest BCUT2D eigenvalue weighted by molar-refractivity contribution is 7.98. The van der Waals surface area contributed by atoms with E-state index >= 15 is 0 Å². The number of aromatic nitrogens is 4. The zero-order valence-corrected chi connectivity index (χ0v) is 18.0. The van der Waals surface area contributed by atoms with Crippen molar-refractivity contribution in [3.63, 3.8) is 0 Å². The predicted molar refractivity (Wildman–Crippen MR) is 118 cm³/mol. The highest BCUT2D eigenvalue weighted by Gasteiger charge is 2.19. The molecule has 0 saturated carbocycles. The minimum absolute atomic E-state index is 0.126. The second-order valence-corrected chi connectivity index (χ2v) is 8.19. The second kappa shape index (κ2) is 8.44. The topological polar surface area (TPSA) is 52.7 Å². The van der Waals surface area contributed by atoms with Gasteiger partial charge in [0.25, 0.3) is 5.56 Å². The maximum atomic E-state index is 14.1. The minimum Gasteiger partial charge on any atom is -0.281 e. The standard InChI is InChI=1S/C23H23FN4OS/c1-4-28-21-20(16(3)26-28)25-23(30-14-18-7-5-6-8-19(18)24)27(22(21)29)13-17-11-9-15(2)10-12-17/h5-12H,4,13-14H2,1-3H3. The molecule has 30 heavy (non-hydrogen) atoms. The zero-order chi connectivity index (χ0) is 21.3. The number of halogens is 1. The molecule has 0 saturated heterocycles. The first-order chi connectivity index (χ1) is 14.5. The summed E-state index contributed by atoms with van der Waals surface area (Å²) in [6, 6.07) is 14.8. The Balaban J connectivity index is 1.81. The van der Waals surface area contributed by atoms with E-state index in [4.69, 9.17) is 4.98 Å². The van der Waals surface area contributed by atoms with Crippen LogP contribution < -0.4 is 5.56 Å². The Morgan fingerprint density at radius 2 is 1.80 bits per heavy atom. The molecule has 154 valence electrons. The Hall–Kier alpha value is -2.93. The Labute approximate surface area is 178 Å². The molecule has 4 rings (SSSR count). The van der Waals surface area contributed by atoms with E-state index in [1.807, 2.05) is 51.1 Å². The quantitative estimate of drug-likeness (QED) is 0.334. The van der Waals surface area contributed by atoms with E-state index in [9.17, 15) is 9.18 Å². The van der Waals surface area contributed by atoms with Crippen LogP contribution in [0.1, 0.15) is 29.3 Å². The molecule has 2 aromatic heterocycles. The van der Waals surface area contributed by atoms with Crippen molar-refractivity contribution in [3.05, 3.63) is 87.1 Å². The van der Waals surface area contributed by atoms with Crippen molar-refractivity contribution in [1.29, 1.82) is 0 Å². The van der Waals surface area contributed by atoms with Crippen LogP contribution in [0.25, 0.3) is 11.0 Å². The normalized spacial score (nSPS) is 11.3. The largest absolute Gasteiger partial charge is 0.281 e. The summed E-state index contributed by atoms with van der Waals surface area (Å²) in [7, 11) is 0. The van der Waals surface area contributed by atoms with Gasteiger partial charge in [0, 0.05) is 12.3 Å². The van der Waals surface area contributed by atoms with Gasteiger partial charge >= 0.3 is 0 Å². The van der Waals surface area contributed by atoms with Crippen molar-refractivity contribution >= 4 is 22.8 Å². The molecule has 0 N–H and O–H groups in total. The lowest BCUT2D eigenvalue weighted by Crippen LogP contribution is -2.25. The first kappa shape index (κ1) is 20.3. The number of thioether (sulfide) groups is 1. The number of benzene rings is 2. The van der Waals surface area contributed by atoms with Crippen LogP contribution in [0.4, 0.5) is 4.39 Å². The van der Waals surface area contributed by atoms with Crippen molar-refractivity contribution < 1.29 is 4.39 Å². The fourth-order valence-electron chi connectivity index (χ4n) is 3.40. The highest BCUT2D eigenvalue weighted by atomic mass is 32.2.